The number of aryl methyl sites for hydroxylation is 1. The van der Waals surface area contributed by atoms with Gasteiger partial charge in [-0.3, -0.25) is 0 Å². The first kappa shape index (κ1) is 13.4. The summed E-state index contributed by atoms with van der Waals surface area (Å²) in [4.78, 5) is 10.7. The molecule has 0 aliphatic heterocycles. The second-order valence-electron chi connectivity index (χ2n) is 4.75. The monoisotopic (exact) mass is 307 g/mol. The van der Waals surface area contributed by atoms with Crippen LogP contribution in [0.5, 0.6) is 0 Å². The molecule has 0 amide bonds. The van der Waals surface area contributed by atoms with Crippen LogP contribution >= 0.6 is 22.9 Å². The lowest BCUT2D eigenvalue weighted by Gasteiger charge is -2.13. The van der Waals surface area contributed by atoms with Gasteiger partial charge >= 0.3 is 0 Å². The van der Waals surface area contributed by atoms with Crippen LogP contribution in [0.15, 0.2) is 28.9 Å². The molecule has 0 saturated heterocycles. The van der Waals surface area contributed by atoms with Crippen molar-refractivity contribution in [1.29, 1.82) is 0 Å². The average Bonchev–Trinajstić information content (AvgIpc) is 2.97. The molecule has 0 saturated carbocycles. The number of hydrogen-bond acceptors (Lipinski definition) is 5. The minimum absolute atomic E-state index is 0.190. The van der Waals surface area contributed by atoms with Gasteiger partial charge in [-0.1, -0.05) is 0 Å². The third-order valence-corrected chi connectivity index (χ3v) is 4.07. The van der Waals surface area contributed by atoms with Gasteiger partial charge in [0.15, 0.2) is 0 Å². The Kier molecular flexibility index (Phi) is 3.63. The van der Waals surface area contributed by atoms with Crippen molar-refractivity contribution in [2.45, 2.75) is 26.3 Å². The molecule has 1 N–H and O–H groups in total. The van der Waals surface area contributed by atoms with Crippen LogP contribution in [-0.4, -0.2) is 16.0 Å². The van der Waals surface area contributed by atoms with Crippen molar-refractivity contribution in [2.75, 3.05) is 5.32 Å². The van der Waals surface area contributed by atoms with Gasteiger partial charge in [-0.25, -0.2) is 9.97 Å². The largest absolute Gasteiger partial charge is 0.469 e. The van der Waals surface area contributed by atoms with E-state index in [2.05, 4.69) is 35.2 Å². The quantitative estimate of drug-likeness (QED) is 0.731. The van der Waals surface area contributed by atoms with E-state index in [1.165, 1.54) is 4.88 Å². The average molecular weight is 308 g/mol. The number of nitrogens with one attached hydrogen (secondary N) is 1. The highest BCUT2D eigenvalue weighted by Gasteiger charge is 2.13. The van der Waals surface area contributed by atoms with E-state index >= 15 is 0 Å². The summed E-state index contributed by atoms with van der Waals surface area (Å²) in [5.41, 5.74) is 0. The third kappa shape index (κ3) is 2.78. The molecule has 6 heteroatoms. The molecule has 1 atom stereocenters. The van der Waals surface area contributed by atoms with Crippen LogP contribution in [0.3, 0.4) is 0 Å². The fraction of sp³-hybridized carbons (Fsp3) is 0.286. The highest BCUT2D eigenvalue weighted by Crippen LogP contribution is 2.30. The van der Waals surface area contributed by atoms with Gasteiger partial charge in [-0.15, -0.1) is 11.3 Å². The second kappa shape index (κ2) is 5.42. The van der Waals surface area contributed by atoms with Gasteiger partial charge < -0.3 is 9.73 Å². The number of furan rings is 1. The first-order valence-corrected chi connectivity index (χ1v) is 7.54. The van der Waals surface area contributed by atoms with Gasteiger partial charge in [0, 0.05) is 17.3 Å². The van der Waals surface area contributed by atoms with E-state index in [4.69, 9.17) is 16.0 Å². The van der Waals surface area contributed by atoms with E-state index in [0.717, 1.165) is 28.2 Å². The molecule has 3 rings (SSSR count). The molecule has 0 aliphatic rings. The van der Waals surface area contributed by atoms with Crippen LogP contribution in [0, 0.1) is 6.92 Å². The normalized spacial score (nSPS) is 12.8. The lowest BCUT2D eigenvalue weighted by Crippen LogP contribution is -2.18. The first-order chi connectivity index (χ1) is 9.61. The summed E-state index contributed by atoms with van der Waals surface area (Å²) in [5.74, 6) is 1.73. The Labute approximate surface area is 125 Å². The van der Waals surface area contributed by atoms with Crippen LogP contribution in [0.1, 0.15) is 17.6 Å². The summed E-state index contributed by atoms with van der Waals surface area (Å²) in [7, 11) is 0. The zero-order valence-corrected chi connectivity index (χ0v) is 12.8. The zero-order valence-electron chi connectivity index (χ0n) is 11.2. The maximum atomic E-state index is 5.99. The Morgan fingerprint density at radius 3 is 3.05 bits per heavy atom. The van der Waals surface area contributed by atoms with E-state index < -0.39 is 0 Å². The van der Waals surface area contributed by atoms with E-state index in [0.29, 0.717) is 0 Å². The lowest BCUT2D eigenvalue weighted by molar-refractivity contribution is 0.497. The van der Waals surface area contributed by atoms with Gasteiger partial charge in [0.25, 0.3) is 0 Å². The zero-order chi connectivity index (χ0) is 14.1. The summed E-state index contributed by atoms with van der Waals surface area (Å²) >= 11 is 7.60. The molecule has 20 heavy (non-hydrogen) atoms. The van der Waals surface area contributed by atoms with Gasteiger partial charge in [0.1, 0.15) is 16.4 Å². The smallest absolute Gasteiger partial charge is 0.225 e. The number of rotatable bonds is 4. The maximum Gasteiger partial charge on any atom is 0.225 e. The van der Waals surface area contributed by atoms with Crippen LogP contribution < -0.4 is 5.32 Å². The molecule has 0 bridgehead atoms. The van der Waals surface area contributed by atoms with Crippen LogP contribution in [0.2, 0.25) is 5.28 Å². The second-order valence-corrected chi connectivity index (χ2v) is 6.32. The number of thiophene rings is 1. The topological polar surface area (TPSA) is 51.0 Å². The third-order valence-electron chi connectivity index (χ3n) is 2.96. The van der Waals surface area contributed by atoms with E-state index in [-0.39, 0.29) is 11.3 Å². The molecule has 0 aliphatic carbocycles. The highest BCUT2D eigenvalue weighted by molar-refractivity contribution is 7.18. The molecular formula is C14H14ClN3OS. The van der Waals surface area contributed by atoms with Crippen molar-refractivity contribution in [3.63, 3.8) is 0 Å². The number of nitrogens with zero attached hydrogens (tertiary/aromatic N) is 2. The summed E-state index contributed by atoms with van der Waals surface area (Å²) in [5, 5.41) is 4.68. The SMILES string of the molecule is Cc1cc2c(NC(C)Cc3ccco3)nc(Cl)nc2s1. The van der Waals surface area contributed by atoms with Gasteiger partial charge in [0.2, 0.25) is 5.28 Å². The number of fused-ring (bicyclic) bond motifs is 1. The molecule has 104 valence electrons. The first-order valence-electron chi connectivity index (χ1n) is 6.34. The van der Waals surface area contributed by atoms with Crippen LogP contribution in [0.4, 0.5) is 5.82 Å². The van der Waals surface area contributed by atoms with Crippen molar-refractivity contribution in [3.8, 4) is 0 Å². The predicted octanol–water partition coefficient (Wildman–Crippen LogP) is 4.29. The van der Waals surface area contributed by atoms with Crippen molar-refractivity contribution in [3.05, 3.63) is 40.4 Å². The lowest BCUT2D eigenvalue weighted by atomic mass is 10.2. The van der Waals surface area contributed by atoms with Gasteiger partial charge in [-0.05, 0) is 43.6 Å². The van der Waals surface area contributed by atoms with Crippen molar-refractivity contribution < 1.29 is 4.42 Å². The Balaban J connectivity index is 1.86. The Hall–Kier alpha value is -1.59. The molecule has 0 fully saturated rings. The number of aromatic nitrogens is 2. The van der Waals surface area contributed by atoms with Crippen LogP contribution in [-0.2, 0) is 6.42 Å². The Morgan fingerprint density at radius 1 is 1.45 bits per heavy atom. The summed E-state index contributed by atoms with van der Waals surface area (Å²) < 4.78 is 5.36. The summed E-state index contributed by atoms with van der Waals surface area (Å²) in [6.45, 7) is 4.14. The molecule has 1 unspecified atom stereocenters. The van der Waals surface area contributed by atoms with Crippen molar-refractivity contribution in [2.24, 2.45) is 0 Å². The molecule has 3 heterocycles. The van der Waals surface area contributed by atoms with E-state index in [1.54, 1.807) is 17.6 Å². The highest BCUT2D eigenvalue weighted by atomic mass is 35.5. The standard InChI is InChI=1S/C14H14ClN3OS/c1-8(6-10-4-3-5-19-10)16-12-11-7-9(2)20-13(11)18-14(15)17-12/h3-5,7-8H,6H2,1-2H3,(H,16,17,18). The molecular weight excluding hydrogens is 294 g/mol. The Morgan fingerprint density at radius 2 is 2.30 bits per heavy atom. The number of hydrogen-bond donors (Lipinski definition) is 1. The number of halogens is 1. The van der Waals surface area contributed by atoms with Gasteiger partial charge in [-0.2, -0.15) is 0 Å². The molecule has 0 aromatic carbocycles. The summed E-state index contributed by atoms with van der Waals surface area (Å²) in [6.07, 6.45) is 2.48. The maximum absolute atomic E-state index is 5.99. The fourth-order valence-corrected chi connectivity index (χ4v) is 3.24. The van der Waals surface area contributed by atoms with Crippen molar-refractivity contribution >= 4 is 39.0 Å². The molecule has 3 aromatic rings. The van der Waals surface area contributed by atoms with Crippen molar-refractivity contribution in [1.82, 2.24) is 9.97 Å². The summed E-state index contributed by atoms with van der Waals surface area (Å²) in [6, 6.07) is 6.13. The van der Waals surface area contributed by atoms with E-state index in [1.807, 2.05) is 12.1 Å². The minimum Gasteiger partial charge on any atom is -0.469 e. The van der Waals surface area contributed by atoms with Crippen LogP contribution in [0.25, 0.3) is 10.2 Å². The minimum atomic E-state index is 0.190. The molecule has 3 aromatic heterocycles. The Bertz CT molecular complexity index is 723. The fourth-order valence-electron chi connectivity index (χ4n) is 2.14. The van der Waals surface area contributed by atoms with Gasteiger partial charge in [0.05, 0.1) is 11.6 Å². The molecule has 0 spiro atoms. The molecule has 4 nitrogen and oxygen atoms in total. The molecule has 0 radical (unpaired) electrons. The van der Waals surface area contributed by atoms with E-state index in [9.17, 15) is 0 Å². The predicted molar refractivity (Wildman–Crippen MR) is 82.7 cm³/mol. The number of anilines is 1.